The van der Waals surface area contributed by atoms with Gasteiger partial charge in [0.25, 0.3) is 0 Å². The first kappa shape index (κ1) is 23.3. The molecule has 0 spiro atoms. The van der Waals surface area contributed by atoms with Crippen LogP contribution >= 0.6 is 11.3 Å². The van der Waals surface area contributed by atoms with Crippen molar-refractivity contribution in [1.29, 1.82) is 0 Å². The molecule has 0 aliphatic heterocycles. The molecule has 0 saturated carbocycles. The molecule has 0 amide bonds. The summed E-state index contributed by atoms with van der Waals surface area (Å²) >= 11 is 1.81. The van der Waals surface area contributed by atoms with Gasteiger partial charge in [0.2, 0.25) is 0 Å². The molecule has 4 nitrogen and oxygen atoms in total. The van der Waals surface area contributed by atoms with Crippen molar-refractivity contribution in [2.75, 3.05) is 0 Å². The van der Waals surface area contributed by atoms with Crippen LogP contribution in [0.5, 0.6) is 0 Å². The van der Waals surface area contributed by atoms with Crippen molar-refractivity contribution in [3.63, 3.8) is 0 Å². The van der Waals surface area contributed by atoms with Crippen LogP contribution in [0, 0.1) is 0 Å². The fourth-order valence-corrected chi connectivity index (χ4v) is 7.14. The highest BCUT2D eigenvalue weighted by Gasteiger charge is 2.18. The molecule has 9 rings (SSSR count). The zero-order valence-corrected chi connectivity index (χ0v) is 23.1. The number of aromatic nitrogens is 3. The van der Waals surface area contributed by atoms with E-state index < -0.39 is 0 Å². The highest BCUT2D eigenvalue weighted by atomic mass is 32.1. The van der Waals surface area contributed by atoms with Crippen LogP contribution in [-0.4, -0.2) is 15.0 Å². The van der Waals surface area contributed by atoms with E-state index in [2.05, 4.69) is 72.8 Å². The molecule has 0 radical (unpaired) electrons. The Morgan fingerprint density at radius 1 is 0.429 bits per heavy atom. The number of nitrogens with zero attached hydrogens (tertiary/aromatic N) is 3. The van der Waals surface area contributed by atoms with E-state index in [4.69, 9.17) is 19.4 Å². The van der Waals surface area contributed by atoms with Gasteiger partial charge in [0.05, 0.1) is 0 Å². The summed E-state index contributed by atoms with van der Waals surface area (Å²) in [7, 11) is 0. The van der Waals surface area contributed by atoms with Crippen molar-refractivity contribution in [3.05, 3.63) is 127 Å². The van der Waals surface area contributed by atoms with E-state index in [9.17, 15) is 0 Å². The second kappa shape index (κ2) is 9.06. The summed E-state index contributed by atoms with van der Waals surface area (Å²) in [5, 5.41) is 7.06. The molecule has 0 bridgehead atoms. The highest BCUT2D eigenvalue weighted by Crippen LogP contribution is 2.42. The average Bonchev–Trinajstić information content (AvgIpc) is 3.62. The molecule has 0 atom stereocenters. The standard InChI is InChI=1S/C37H21N3OS/c1-2-10-22(11-3-1)35-38-36(23-18-19-26-25-13-6-8-16-30(25)41-31(26)20-23)40-37(39-35)29-21-33-34(27-14-5-4-12-24(27)29)28-15-7-9-17-32(28)42-33/h1-21H. The van der Waals surface area contributed by atoms with Crippen LogP contribution in [-0.2, 0) is 0 Å². The number of fused-ring (bicyclic) bond motifs is 8. The first-order chi connectivity index (χ1) is 20.8. The van der Waals surface area contributed by atoms with E-state index in [1.54, 1.807) is 11.3 Å². The predicted octanol–water partition coefficient (Wildman–Crippen LogP) is 10.3. The molecular weight excluding hydrogens is 534 g/mol. The number of hydrogen-bond donors (Lipinski definition) is 0. The van der Waals surface area contributed by atoms with E-state index >= 15 is 0 Å². The smallest absolute Gasteiger partial charge is 0.164 e. The van der Waals surface area contributed by atoms with Gasteiger partial charge in [0.15, 0.2) is 17.5 Å². The maximum Gasteiger partial charge on any atom is 0.164 e. The Kier molecular flexibility index (Phi) is 5.03. The normalized spacial score (nSPS) is 11.8. The van der Waals surface area contributed by atoms with Crippen LogP contribution in [0.15, 0.2) is 132 Å². The fourth-order valence-electron chi connectivity index (χ4n) is 5.98. The number of para-hydroxylation sites is 1. The summed E-state index contributed by atoms with van der Waals surface area (Å²) in [6.07, 6.45) is 0. The minimum atomic E-state index is 0.613. The van der Waals surface area contributed by atoms with Gasteiger partial charge >= 0.3 is 0 Å². The molecule has 0 aliphatic carbocycles. The van der Waals surface area contributed by atoms with Crippen molar-refractivity contribution in [2.45, 2.75) is 0 Å². The molecule has 5 heteroatoms. The third-order valence-electron chi connectivity index (χ3n) is 7.93. The number of rotatable bonds is 3. The van der Waals surface area contributed by atoms with Crippen LogP contribution in [0.2, 0.25) is 0 Å². The summed E-state index contributed by atoms with van der Waals surface area (Å²) in [6, 6.07) is 43.9. The zero-order chi connectivity index (χ0) is 27.6. The van der Waals surface area contributed by atoms with Crippen LogP contribution in [0.1, 0.15) is 0 Å². The lowest BCUT2D eigenvalue weighted by Crippen LogP contribution is -2.00. The molecule has 9 aromatic rings. The Hall–Kier alpha value is -5.39. The van der Waals surface area contributed by atoms with Gasteiger partial charge in [0.1, 0.15) is 11.2 Å². The van der Waals surface area contributed by atoms with Gasteiger partial charge < -0.3 is 4.42 Å². The van der Waals surface area contributed by atoms with Crippen molar-refractivity contribution in [2.24, 2.45) is 0 Å². The summed E-state index contributed by atoms with van der Waals surface area (Å²) in [5.41, 5.74) is 4.51. The Morgan fingerprint density at radius 2 is 1.07 bits per heavy atom. The predicted molar refractivity (Wildman–Crippen MR) is 174 cm³/mol. The van der Waals surface area contributed by atoms with Gasteiger partial charge in [-0.15, -0.1) is 11.3 Å². The van der Waals surface area contributed by atoms with E-state index in [-0.39, 0.29) is 0 Å². The third kappa shape index (κ3) is 3.57. The lowest BCUT2D eigenvalue weighted by molar-refractivity contribution is 0.669. The molecule has 6 aromatic carbocycles. The highest BCUT2D eigenvalue weighted by molar-refractivity contribution is 7.26. The van der Waals surface area contributed by atoms with E-state index in [0.717, 1.165) is 44.0 Å². The lowest BCUT2D eigenvalue weighted by atomic mass is 9.98. The van der Waals surface area contributed by atoms with Crippen LogP contribution in [0.3, 0.4) is 0 Å². The lowest BCUT2D eigenvalue weighted by Gasteiger charge is -2.11. The number of furan rings is 1. The Bertz CT molecular complexity index is 2480. The molecule has 0 saturated heterocycles. The van der Waals surface area contributed by atoms with Crippen LogP contribution in [0.4, 0.5) is 0 Å². The van der Waals surface area contributed by atoms with Gasteiger partial charge in [-0.1, -0.05) is 97.1 Å². The minimum Gasteiger partial charge on any atom is -0.456 e. The summed E-state index contributed by atoms with van der Waals surface area (Å²) in [4.78, 5) is 15.2. The quantitative estimate of drug-likeness (QED) is 0.218. The second-order valence-corrected chi connectivity index (χ2v) is 11.5. The molecule has 0 unspecified atom stereocenters. The van der Waals surface area contributed by atoms with Crippen LogP contribution in [0.25, 0.3) is 87.0 Å². The Labute approximate surface area is 244 Å². The zero-order valence-electron chi connectivity index (χ0n) is 22.3. The molecule has 0 fully saturated rings. The van der Waals surface area contributed by atoms with Gasteiger partial charge in [-0.05, 0) is 41.1 Å². The fraction of sp³-hybridized carbons (Fsp3) is 0. The summed E-state index contributed by atoms with van der Waals surface area (Å²) in [5.74, 6) is 1.90. The number of benzene rings is 6. The maximum atomic E-state index is 6.21. The molecule has 0 N–H and O–H groups in total. The van der Waals surface area contributed by atoms with E-state index in [1.807, 2.05) is 54.6 Å². The maximum absolute atomic E-state index is 6.21. The number of hydrogen-bond acceptors (Lipinski definition) is 5. The molecular formula is C37H21N3OS. The van der Waals surface area contributed by atoms with Gasteiger partial charge in [-0.3, -0.25) is 0 Å². The van der Waals surface area contributed by atoms with Crippen molar-refractivity contribution in [1.82, 2.24) is 15.0 Å². The molecule has 0 aliphatic rings. The first-order valence-electron chi connectivity index (χ1n) is 13.9. The van der Waals surface area contributed by atoms with Crippen molar-refractivity contribution >= 4 is 64.2 Å². The van der Waals surface area contributed by atoms with Crippen molar-refractivity contribution in [3.8, 4) is 34.2 Å². The van der Waals surface area contributed by atoms with Gasteiger partial charge in [0, 0.05) is 47.6 Å². The monoisotopic (exact) mass is 555 g/mol. The van der Waals surface area contributed by atoms with Gasteiger partial charge in [-0.2, -0.15) is 0 Å². The molecule has 196 valence electrons. The Balaban J connectivity index is 1.32. The van der Waals surface area contributed by atoms with Crippen molar-refractivity contribution < 1.29 is 4.42 Å². The largest absolute Gasteiger partial charge is 0.456 e. The minimum absolute atomic E-state index is 0.613. The average molecular weight is 556 g/mol. The Morgan fingerprint density at radius 3 is 1.93 bits per heavy atom. The SMILES string of the molecule is c1ccc(-c2nc(-c3ccc4c(c3)oc3ccccc34)nc(-c3cc4sc5ccccc5c4c4ccccc34)n2)cc1. The van der Waals surface area contributed by atoms with E-state index in [0.29, 0.717) is 17.5 Å². The first-order valence-corrected chi connectivity index (χ1v) is 14.7. The van der Waals surface area contributed by atoms with Crippen LogP contribution < -0.4 is 0 Å². The van der Waals surface area contributed by atoms with E-state index in [1.165, 1.54) is 25.6 Å². The summed E-state index contributed by atoms with van der Waals surface area (Å²) < 4.78 is 8.70. The summed E-state index contributed by atoms with van der Waals surface area (Å²) in [6.45, 7) is 0. The second-order valence-electron chi connectivity index (χ2n) is 10.4. The van der Waals surface area contributed by atoms with Gasteiger partial charge in [-0.25, -0.2) is 15.0 Å². The molecule has 42 heavy (non-hydrogen) atoms. The third-order valence-corrected chi connectivity index (χ3v) is 9.05. The molecule has 3 aromatic heterocycles. The number of thiophene rings is 1. The molecule has 3 heterocycles. The topological polar surface area (TPSA) is 51.8 Å².